The fourth-order valence-corrected chi connectivity index (χ4v) is 3.56. The van der Waals surface area contributed by atoms with E-state index in [-0.39, 0.29) is 18.1 Å². The summed E-state index contributed by atoms with van der Waals surface area (Å²) in [5.41, 5.74) is 1.30. The second kappa shape index (κ2) is 6.44. The number of methoxy groups -OCH3 is 1. The molecule has 2 rings (SSSR count). The lowest BCUT2D eigenvalue weighted by molar-refractivity contribution is -0.143. The number of rotatable bonds is 5. The number of ether oxygens (including phenoxy) is 1. The van der Waals surface area contributed by atoms with Crippen LogP contribution in [0, 0.1) is 5.92 Å². The molecule has 1 aromatic rings. The Morgan fingerprint density at radius 3 is 2.89 bits per heavy atom. The van der Waals surface area contributed by atoms with Crippen molar-refractivity contribution in [3.05, 3.63) is 29.8 Å². The first kappa shape index (κ1) is 14.4. The van der Waals surface area contributed by atoms with Crippen molar-refractivity contribution < 1.29 is 9.53 Å². The zero-order valence-corrected chi connectivity index (χ0v) is 12.5. The molecule has 0 aliphatic carbocycles. The van der Waals surface area contributed by atoms with Crippen LogP contribution in [0.1, 0.15) is 31.9 Å². The van der Waals surface area contributed by atoms with Gasteiger partial charge in [0.1, 0.15) is 6.04 Å². The van der Waals surface area contributed by atoms with Crippen LogP contribution in [-0.4, -0.2) is 24.9 Å². The number of carbonyl (C=O) groups excluding carboxylic acids is 1. The van der Waals surface area contributed by atoms with Crippen LogP contribution < -0.4 is 5.32 Å². The summed E-state index contributed by atoms with van der Waals surface area (Å²) < 4.78 is 4.90. The SMILES string of the molecule is COC(=O)C(CC(C)C)NC1CSc2ccccc21. The second-order valence-corrected chi connectivity index (χ2v) is 6.34. The van der Waals surface area contributed by atoms with E-state index < -0.39 is 0 Å². The maximum atomic E-state index is 11.9. The lowest BCUT2D eigenvalue weighted by atomic mass is 10.0. The van der Waals surface area contributed by atoms with Crippen LogP contribution in [0.25, 0.3) is 0 Å². The van der Waals surface area contributed by atoms with Crippen molar-refractivity contribution in [2.75, 3.05) is 12.9 Å². The normalized spacial score (nSPS) is 19.3. The van der Waals surface area contributed by atoms with Gasteiger partial charge in [-0.05, 0) is 24.0 Å². The van der Waals surface area contributed by atoms with Crippen LogP contribution in [0.2, 0.25) is 0 Å². The molecule has 1 aliphatic rings. The average Bonchev–Trinajstić information content (AvgIpc) is 2.80. The van der Waals surface area contributed by atoms with E-state index in [0.29, 0.717) is 5.92 Å². The molecule has 2 atom stereocenters. The van der Waals surface area contributed by atoms with Crippen molar-refractivity contribution in [2.24, 2.45) is 5.92 Å². The van der Waals surface area contributed by atoms with Crippen LogP contribution in [0.4, 0.5) is 0 Å². The highest BCUT2D eigenvalue weighted by Gasteiger charge is 2.28. The van der Waals surface area contributed by atoms with E-state index in [1.54, 1.807) is 0 Å². The van der Waals surface area contributed by atoms with Gasteiger partial charge in [-0.25, -0.2) is 0 Å². The lowest BCUT2D eigenvalue weighted by Crippen LogP contribution is -2.41. The summed E-state index contributed by atoms with van der Waals surface area (Å²) in [6.45, 7) is 4.24. The molecule has 4 heteroatoms. The van der Waals surface area contributed by atoms with E-state index in [4.69, 9.17) is 4.74 Å². The summed E-state index contributed by atoms with van der Waals surface area (Å²) in [5.74, 6) is 1.27. The number of benzene rings is 1. The Labute approximate surface area is 119 Å². The summed E-state index contributed by atoms with van der Waals surface area (Å²) in [7, 11) is 1.45. The van der Waals surface area contributed by atoms with Crippen LogP contribution >= 0.6 is 11.8 Å². The van der Waals surface area contributed by atoms with Crippen molar-refractivity contribution in [1.82, 2.24) is 5.32 Å². The molecule has 1 aliphatic heterocycles. The Kier molecular flexibility index (Phi) is 4.88. The highest BCUT2D eigenvalue weighted by molar-refractivity contribution is 7.99. The highest BCUT2D eigenvalue weighted by Crippen LogP contribution is 2.38. The summed E-state index contributed by atoms with van der Waals surface area (Å²) in [6, 6.07) is 8.40. The standard InChI is InChI=1S/C15H21NO2S/c1-10(2)8-12(15(17)18-3)16-13-9-19-14-7-5-4-6-11(13)14/h4-7,10,12-13,16H,8-9H2,1-3H3. The monoisotopic (exact) mass is 279 g/mol. The number of thioether (sulfide) groups is 1. The van der Waals surface area contributed by atoms with Gasteiger partial charge in [-0.1, -0.05) is 32.0 Å². The van der Waals surface area contributed by atoms with Gasteiger partial charge in [0, 0.05) is 16.7 Å². The molecular formula is C15H21NO2S. The summed E-state index contributed by atoms with van der Waals surface area (Å²) in [4.78, 5) is 13.2. The minimum atomic E-state index is -0.221. The molecule has 2 unspecified atom stereocenters. The number of hydrogen-bond donors (Lipinski definition) is 1. The predicted molar refractivity (Wildman–Crippen MR) is 78.3 cm³/mol. The molecule has 0 amide bonds. The molecule has 0 radical (unpaired) electrons. The molecule has 104 valence electrons. The van der Waals surface area contributed by atoms with Gasteiger partial charge >= 0.3 is 5.97 Å². The van der Waals surface area contributed by atoms with E-state index >= 15 is 0 Å². The van der Waals surface area contributed by atoms with Crippen LogP contribution in [-0.2, 0) is 9.53 Å². The zero-order chi connectivity index (χ0) is 13.8. The summed E-state index contributed by atoms with van der Waals surface area (Å²) in [5, 5.41) is 3.46. The lowest BCUT2D eigenvalue weighted by Gasteiger charge is -2.22. The van der Waals surface area contributed by atoms with E-state index in [0.717, 1.165) is 12.2 Å². The Morgan fingerprint density at radius 2 is 2.21 bits per heavy atom. The molecular weight excluding hydrogens is 258 g/mol. The van der Waals surface area contributed by atoms with Gasteiger partial charge < -0.3 is 4.74 Å². The third kappa shape index (κ3) is 3.51. The number of esters is 1. The minimum absolute atomic E-state index is 0.164. The van der Waals surface area contributed by atoms with E-state index in [1.165, 1.54) is 17.6 Å². The van der Waals surface area contributed by atoms with E-state index in [9.17, 15) is 4.79 Å². The van der Waals surface area contributed by atoms with Crippen molar-refractivity contribution in [2.45, 2.75) is 37.2 Å². The fraction of sp³-hybridized carbons (Fsp3) is 0.533. The molecule has 1 heterocycles. The highest BCUT2D eigenvalue weighted by atomic mass is 32.2. The third-order valence-electron chi connectivity index (χ3n) is 3.30. The topological polar surface area (TPSA) is 38.3 Å². The molecule has 1 aromatic carbocycles. The third-order valence-corrected chi connectivity index (χ3v) is 4.48. The quantitative estimate of drug-likeness (QED) is 0.841. The number of hydrogen-bond acceptors (Lipinski definition) is 4. The Morgan fingerprint density at radius 1 is 1.47 bits per heavy atom. The van der Waals surface area contributed by atoms with Gasteiger partial charge in [0.15, 0.2) is 0 Å². The van der Waals surface area contributed by atoms with Gasteiger partial charge in [0.05, 0.1) is 7.11 Å². The van der Waals surface area contributed by atoms with Crippen molar-refractivity contribution in [1.29, 1.82) is 0 Å². The van der Waals surface area contributed by atoms with Gasteiger partial charge in [-0.2, -0.15) is 0 Å². The maximum absolute atomic E-state index is 11.9. The smallest absolute Gasteiger partial charge is 0.322 e. The van der Waals surface area contributed by atoms with Crippen molar-refractivity contribution >= 4 is 17.7 Å². The molecule has 0 fully saturated rings. The summed E-state index contributed by atoms with van der Waals surface area (Å²) in [6.07, 6.45) is 0.802. The molecule has 3 nitrogen and oxygen atoms in total. The molecule has 19 heavy (non-hydrogen) atoms. The first-order chi connectivity index (χ1) is 9.11. The van der Waals surface area contributed by atoms with Crippen LogP contribution in [0.3, 0.4) is 0 Å². The second-order valence-electron chi connectivity index (χ2n) is 5.27. The molecule has 1 N–H and O–H groups in total. The fourth-order valence-electron chi connectivity index (χ4n) is 2.39. The summed E-state index contributed by atoms with van der Waals surface area (Å²) >= 11 is 1.84. The minimum Gasteiger partial charge on any atom is -0.468 e. The van der Waals surface area contributed by atoms with Gasteiger partial charge in [-0.15, -0.1) is 11.8 Å². The van der Waals surface area contributed by atoms with Gasteiger partial charge in [-0.3, -0.25) is 10.1 Å². The Bertz CT molecular complexity index is 448. The Hall–Kier alpha value is -1.00. The van der Waals surface area contributed by atoms with Crippen LogP contribution in [0.15, 0.2) is 29.2 Å². The number of fused-ring (bicyclic) bond motifs is 1. The largest absolute Gasteiger partial charge is 0.468 e. The maximum Gasteiger partial charge on any atom is 0.322 e. The molecule has 0 bridgehead atoms. The zero-order valence-electron chi connectivity index (χ0n) is 11.7. The van der Waals surface area contributed by atoms with Crippen molar-refractivity contribution in [3.8, 4) is 0 Å². The van der Waals surface area contributed by atoms with Gasteiger partial charge in [0.25, 0.3) is 0 Å². The molecule has 0 saturated carbocycles. The van der Waals surface area contributed by atoms with Crippen molar-refractivity contribution in [3.63, 3.8) is 0 Å². The molecule has 0 spiro atoms. The van der Waals surface area contributed by atoms with Crippen LogP contribution in [0.5, 0.6) is 0 Å². The van der Waals surface area contributed by atoms with E-state index in [1.807, 2.05) is 11.8 Å². The number of carbonyl (C=O) groups is 1. The van der Waals surface area contributed by atoms with E-state index in [2.05, 4.69) is 43.4 Å². The first-order valence-corrected chi connectivity index (χ1v) is 7.66. The molecule has 0 aromatic heterocycles. The van der Waals surface area contributed by atoms with Gasteiger partial charge in [0.2, 0.25) is 0 Å². The number of nitrogens with one attached hydrogen (secondary N) is 1. The first-order valence-electron chi connectivity index (χ1n) is 6.67. The Balaban J connectivity index is 2.08. The molecule has 0 saturated heterocycles. The average molecular weight is 279 g/mol. The predicted octanol–water partition coefficient (Wildman–Crippen LogP) is 3.01.